The number of rotatable bonds is 4. The minimum Gasteiger partial charge on any atom is -0.370 e. The highest BCUT2D eigenvalue weighted by molar-refractivity contribution is 5.69. The van der Waals surface area contributed by atoms with Crippen LogP contribution >= 0.6 is 0 Å². The predicted molar refractivity (Wildman–Crippen MR) is 80.0 cm³/mol. The quantitative estimate of drug-likeness (QED) is 0.680. The van der Waals surface area contributed by atoms with Crippen LogP contribution in [0.1, 0.15) is 18.1 Å². The van der Waals surface area contributed by atoms with E-state index in [9.17, 15) is 10.1 Å². The Kier molecular flexibility index (Phi) is 3.98. The molecule has 20 heavy (non-hydrogen) atoms. The molecule has 5 nitrogen and oxygen atoms in total. The summed E-state index contributed by atoms with van der Waals surface area (Å²) in [4.78, 5) is 15.1. The van der Waals surface area contributed by atoms with Gasteiger partial charge in [0.25, 0.3) is 5.69 Å². The normalized spacial score (nSPS) is 10.3. The lowest BCUT2D eigenvalue weighted by Gasteiger charge is -2.10. The molecule has 2 rings (SSSR count). The molecule has 0 fully saturated rings. The van der Waals surface area contributed by atoms with Crippen molar-refractivity contribution in [3.05, 3.63) is 51.6 Å². The molecule has 1 aromatic heterocycles. The van der Waals surface area contributed by atoms with Gasteiger partial charge in [-0.1, -0.05) is 18.2 Å². The number of nitro groups is 1. The third-order valence-corrected chi connectivity index (χ3v) is 3.26. The van der Waals surface area contributed by atoms with Crippen LogP contribution in [0.5, 0.6) is 0 Å². The number of anilines is 1. The molecule has 1 heterocycles. The number of pyridine rings is 1. The molecular formula is C15H17N3O2. The number of aryl methyl sites for hydroxylation is 1. The largest absolute Gasteiger partial charge is 0.370 e. The average Bonchev–Trinajstić information content (AvgIpc) is 2.42. The lowest BCUT2D eigenvalue weighted by Crippen LogP contribution is -2.02. The van der Waals surface area contributed by atoms with E-state index in [2.05, 4.69) is 10.3 Å². The fraction of sp³-hybridized carbons (Fsp3) is 0.267. The van der Waals surface area contributed by atoms with Gasteiger partial charge in [0.05, 0.1) is 16.7 Å². The Bertz CT molecular complexity index is 654. The van der Waals surface area contributed by atoms with Crippen molar-refractivity contribution in [2.45, 2.75) is 20.8 Å². The van der Waals surface area contributed by atoms with Gasteiger partial charge >= 0.3 is 0 Å². The van der Waals surface area contributed by atoms with Crippen molar-refractivity contribution in [1.29, 1.82) is 0 Å². The molecule has 0 saturated carbocycles. The molecule has 0 radical (unpaired) electrons. The molecule has 1 aromatic carbocycles. The van der Waals surface area contributed by atoms with E-state index >= 15 is 0 Å². The van der Waals surface area contributed by atoms with Crippen molar-refractivity contribution in [3.63, 3.8) is 0 Å². The monoisotopic (exact) mass is 271 g/mol. The summed E-state index contributed by atoms with van der Waals surface area (Å²) in [6.45, 7) is 6.61. The molecule has 0 spiro atoms. The van der Waals surface area contributed by atoms with Gasteiger partial charge in [0, 0.05) is 18.2 Å². The summed E-state index contributed by atoms with van der Waals surface area (Å²) >= 11 is 0. The second-order valence-corrected chi connectivity index (χ2v) is 4.63. The molecule has 0 aliphatic rings. The number of aromatic nitrogens is 1. The Balaban J connectivity index is 2.60. The summed E-state index contributed by atoms with van der Waals surface area (Å²) in [6, 6.07) is 8.86. The van der Waals surface area contributed by atoms with Crippen LogP contribution in [0, 0.1) is 24.0 Å². The molecule has 0 aliphatic heterocycles. The molecule has 0 unspecified atom stereocenters. The van der Waals surface area contributed by atoms with Gasteiger partial charge in [-0.15, -0.1) is 0 Å². The van der Waals surface area contributed by atoms with Gasteiger partial charge in [0.15, 0.2) is 0 Å². The van der Waals surface area contributed by atoms with Gasteiger partial charge in [-0.3, -0.25) is 10.1 Å². The Morgan fingerprint density at radius 2 is 2.05 bits per heavy atom. The minimum absolute atomic E-state index is 0.0480. The molecule has 0 atom stereocenters. The summed E-state index contributed by atoms with van der Waals surface area (Å²) in [6.07, 6.45) is 0. The van der Waals surface area contributed by atoms with Crippen LogP contribution in [-0.2, 0) is 0 Å². The highest BCUT2D eigenvalue weighted by Gasteiger charge is 2.14. The Hall–Kier alpha value is -2.43. The van der Waals surface area contributed by atoms with E-state index in [-0.39, 0.29) is 5.69 Å². The topological polar surface area (TPSA) is 68.1 Å². The molecule has 2 aromatic rings. The van der Waals surface area contributed by atoms with Crippen LogP contribution < -0.4 is 5.32 Å². The molecular weight excluding hydrogens is 254 g/mol. The Morgan fingerprint density at radius 3 is 2.70 bits per heavy atom. The minimum atomic E-state index is -0.392. The van der Waals surface area contributed by atoms with Crippen LogP contribution in [0.2, 0.25) is 0 Å². The van der Waals surface area contributed by atoms with Gasteiger partial charge in [0.2, 0.25) is 0 Å². The fourth-order valence-corrected chi connectivity index (χ4v) is 2.06. The Morgan fingerprint density at radius 1 is 1.30 bits per heavy atom. The standard InChI is InChI=1S/C15H17N3O2/c1-4-16-15-9-12(18(19)20)8-14(17-15)13-7-5-6-10(2)11(13)3/h5-9H,4H2,1-3H3,(H,16,17). The van der Waals surface area contributed by atoms with E-state index in [4.69, 9.17) is 0 Å². The zero-order valence-electron chi connectivity index (χ0n) is 11.8. The third-order valence-electron chi connectivity index (χ3n) is 3.26. The SMILES string of the molecule is CCNc1cc([N+](=O)[O-])cc(-c2cccc(C)c2C)n1. The molecule has 0 bridgehead atoms. The smallest absolute Gasteiger partial charge is 0.275 e. The molecule has 1 N–H and O–H groups in total. The second kappa shape index (κ2) is 5.69. The van der Waals surface area contributed by atoms with Crippen molar-refractivity contribution in [1.82, 2.24) is 4.98 Å². The van der Waals surface area contributed by atoms with Crippen molar-refractivity contribution in [3.8, 4) is 11.3 Å². The van der Waals surface area contributed by atoms with Gasteiger partial charge in [-0.05, 0) is 31.9 Å². The zero-order valence-corrected chi connectivity index (χ0v) is 11.8. The molecule has 0 amide bonds. The van der Waals surface area contributed by atoms with E-state index in [1.54, 1.807) is 0 Å². The third kappa shape index (κ3) is 2.77. The van der Waals surface area contributed by atoms with Gasteiger partial charge in [-0.2, -0.15) is 0 Å². The van der Waals surface area contributed by atoms with Crippen LogP contribution in [0.3, 0.4) is 0 Å². The van der Waals surface area contributed by atoms with Gasteiger partial charge in [0.1, 0.15) is 5.82 Å². The first kappa shape index (κ1) is 14.0. The van der Waals surface area contributed by atoms with E-state index < -0.39 is 4.92 Å². The highest BCUT2D eigenvalue weighted by Crippen LogP contribution is 2.28. The summed E-state index contributed by atoms with van der Waals surface area (Å²) in [5, 5.41) is 14.1. The second-order valence-electron chi connectivity index (χ2n) is 4.63. The average molecular weight is 271 g/mol. The van der Waals surface area contributed by atoms with E-state index in [1.807, 2.05) is 39.0 Å². The van der Waals surface area contributed by atoms with E-state index in [0.29, 0.717) is 18.1 Å². The number of hydrogen-bond acceptors (Lipinski definition) is 4. The molecule has 5 heteroatoms. The van der Waals surface area contributed by atoms with Crippen molar-refractivity contribution < 1.29 is 4.92 Å². The maximum absolute atomic E-state index is 11.0. The number of benzene rings is 1. The lowest BCUT2D eigenvalue weighted by atomic mass is 10.0. The van der Waals surface area contributed by atoms with Crippen molar-refractivity contribution >= 4 is 11.5 Å². The highest BCUT2D eigenvalue weighted by atomic mass is 16.6. The molecule has 0 saturated heterocycles. The van der Waals surface area contributed by atoms with E-state index in [1.165, 1.54) is 12.1 Å². The maximum atomic E-state index is 11.0. The van der Waals surface area contributed by atoms with Crippen LogP contribution in [0.4, 0.5) is 11.5 Å². The first-order valence-corrected chi connectivity index (χ1v) is 6.50. The summed E-state index contributed by atoms with van der Waals surface area (Å²) in [7, 11) is 0. The first-order chi connectivity index (χ1) is 9.52. The fourth-order valence-electron chi connectivity index (χ4n) is 2.06. The number of nitrogens with one attached hydrogen (secondary N) is 1. The summed E-state index contributed by atoms with van der Waals surface area (Å²) < 4.78 is 0. The number of hydrogen-bond donors (Lipinski definition) is 1. The van der Waals surface area contributed by atoms with Crippen molar-refractivity contribution in [2.24, 2.45) is 0 Å². The van der Waals surface area contributed by atoms with E-state index in [0.717, 1.165) is 16.7 Å². The zero-order chi connectivity index (χ0) is 14.7. The summed E-state index contributed by atoms with van der Waals surface area (Å²) in [5.41, 5.74) is 3.82. The van der Waals surface area contributed by atoms with Crippen molar-refractivity contribution in [2.75, 3.05) is 11.9 Å². The molecule has 0 aliphatic carbocycles. The molecule has 104 valence electrons. The summed E-state index contributed by atoms with van der Waals surface area (Å²) in [5.74, 6) is 0.526. The number of nitrogens with zero attached hydrogens (tertiary/aromatic N) is 2. The van der Waals surface area contributed by atoms with Crippen LogP contribution in [0.15, 0.2) is 30.3 Å². The lowest BCUT2D eigenvalue weighted by molar-refractivity contribution is -0.384. The van der Waals surface area contributed by atoms with Crippen LogP contribution in [-0.4, -0.2) is 16.5 Å². The van der Waals surface area contributed by atoms with Gasteiger partial charge < -0.3 is 5.32 Å². The van der Waals surface area contributed by atoms with Gasteiger partial charge in [-0.25, -0.2) is 4.98 Å². The first-order valence-electron chi connectivity index (χ1n) is 6.50. The Labute approximate surface area is 117 Å². The van der Waals surface area contributed by atoms with Crippen LogP contribution in [0.25, 0.3) is 11.3 Å². The predicted octanol–water partition coefficient (Wildman–Crippen LogP) is 3.71. The maximum Gasteiger partial charge on any atom is 0.275 e.